The number of fused-ring (bicyclic) bond motifs is 4. The largest absolute Gasteiger partial charge is 0.550 e. The zero-order valence-corrected chi connectivity index (χ0v) is 24.9. The molecule has 208 valence electrons. The van der Waals surface area contributed by atoms with Crippen molar-refractivity contribution in [3.63, 3.8) is 0 Å². The van der Waals surface area contributed by atoms with Crippen molar-refractivity contribution in [3.05, 3.63) is 107 Å². The van der Waals surface area contributed by atoms with Crippen molar-refractivity contribution in [2.75, 3.05) is 18.5 Å². The number of rotatable bonds is 8. The second kappa shape index (κ2) is 10.1. The lowest BCUT2D eigenvalue weighted by molar-refractivity contribution is -0.436. The van der Waals surface area contributed by atoms with Gasteiger partial charge >= 0.3 is 0 Å². The van der Waals surface area contributed by atoms with Crippen LogP contribution in [0.2, 0.25) is 0 Å². The lowest BCUT2D eigenvalue weighted by Crippen LogP contribution is -2.29. The van der Waals surface area contributed by atoms with Crippen LogP contribution in [-0.4, -0.2) is 29.8 Å². The molecule has 3 aromatic carbocycles. The molecular formula is C37H39N2O2+. The number of carboxylic acids is 1. The van der Waals surface area contributed by atoms with E-state index in [1.807, 2.05) is 0 Å². The molecule has 0 unspecified atom stereocenters. The van der Waals surface area contributed by atoms with Gasteiger partial charge in [-0.25, -0.2) is 0 Å². The number of likely N-dealkylation sites (N-methyl/N-ethyl adjacent to an activating group) is 1. The molecule has 1 aliphatic carbocycles. The highest BCUT2D eigenvalue weighted by molar-refractivity contribution is 6.07. The minimum Gasteiger partial charge on any atom is -0.550 e. The van der Waals surface area contributed by atoms with E-state index in [4.69, 9.17) is 0 Å². The number of hydrogen-bond acceptors (Lipinski definition) is 3. The number of hydrogen-bond donors (Lipinski definition) is 0. The fraction of sp³-hybridized carbons (Fsp3) is 0.351. The normalized spacial score (nSPS) is 20.2. The van der Waals surface area contributed by atoms with Gasteiger partial charge in [0.2, 0.25) is 11.4 Å². The Labute approximate surface area is 244 Å². The number of anilines is 1. The van der Waals surface area contributed by atoms with Crippen LogP contribution in [0, 0.1) is 6.08 Å². The molecule has 0 fully saturated rings. The zero-order chi connectivity index (χ0) is 28.9. The number of nitrogens with zero attached hydrogens (tertiary/aromatic N) is 2. The Bertz CT molecular complexity index is 1680. The molecule has 2 heterocycles. The number of carbonyl (C=O) groups is 1. The van der Waals surface area contributed by atoms with Crippen LogP contribution in [0.25, 0.3) is 10.8 Å². The highest BCUT2D eigenvalue weighted by atomic mass is 16.4. The van der Waals surface area contributed by atoms with Crippen LogP contribution in [0.3, 0.4) is 0 Å². The van der Waals surface area contributed by atoms with E-state index in [9.17, 15) is 9.90 Å². The number of para-hydroxylation sites is 1. The molecule has 3 aromatic rings. The van der Waals surface area contributed by atoms with E-state index in [0.29, 0.717) is 6.42 Å². The van der Waals surface area contributed by atoms with Gasteiger partial charge in [0, 0.05) is 42.2 Å². The first-order valence-corrected chi connectivity index (χ1v) is 14.8. The molecule has 3 aliphatic rings. The number of carbonyl (C=O) groups excluding carboxylic acids is 1. The minimum atomic E-state index is -0.963. The molecule has 0 bridgehead atoms. The average Bonchev–Trinajstić information content (AvgIpc) is 3.25. The predicted octanol–water partition coefficient (Wildman–Crippen LogP) is 6.90. The molecule has 6 rings (SSSR count). The summed E-state index contributed by atoms with van der Waals surface area (Å²) < 4.78 is 2.49. The van der Waals surface area contributed by atoms with Crippen LogP contribution in [0.4, 0.5) is 11.4 Å². The maximum Gasteiger partial charge on any atom is 0.247 e. The lowest BCUT2D eigenvalue weighted by atomic mass is 9.78. The topological polar surface area (TPSA) is 46.4 Å². The van der Waals surface area contributed by atoms with Gasteiger partial charge in [-0.3, -0.25) is 0 Å². The molecule has 0 saturated heterocycles. The van der Waals surface area contributed by atoms with Crippen molar-refractivity contribution >= 4 is 33.8 Å². The third-order valence-electron chi connectivity index (χ3n) is 9.30. The van der Waals surface area contributed by atoms with Crippen molar-refractivity contribution in [3.8, 4) is 0 Å². The summed E-state index contributed by atoms with van der Waals surface area (Å²) in [5.41, 5.74) is 10.2. The second-order valence-electron chi connectivity index (χ2n) is 12.8. The lowest BCUT2D eigenvalue weighted by Gasteiger charge is -2.22. The van der Waals surface area contributed by atoms with Gasteiger partial charge in [0.1, 0.15) is 17.2 Å². The van der Waals surface area contributed by atoms with E-state index >= 15 is 0 Å². The number of aliphatic carboxylic acids is 1. The Hall–Kier alpha value is -4.01. The fourth-order valence-electron chi connectivity index (χ4n) is 7.01. The molecule has 0 amide bonds. The number of carboxylic acid groups (broad SMARTS) is 1. The van der Waals surface area contributed by atoms with E-state index < -0.39 is 5.97 Å². The molecule has 0 aromatic heterocycles. The zero-order valence-electron chi connectivity index (χ0n) is 24.9. The SMILES string of the molecule is CN1C(=CC2=[C+]C(=CC3=[N+](CCCCCC(=O)[O-])c4c(ccc5ccccc45)C3(C)C)C2)C(C)(C)c2ccccc21. The first kappa shape index (κ1) is 27.2. The highest BCUT2D eigenvalue weighted by Crippen LogP contribution is 2.48. The average molecular weight is 544 g/mol. The Morgan fingerprint density at radius 1 is 0.927 bits per heavy atom. The van der Waals surface area contributed by atoms with Crippen LogP contribution >= 0.6 is 0 Å². The van der Waals surface area contributed by atoms with Gasteiger partial charge in [-0.05, 0) is 70.0 Å². The van der Waals surface area contributed by atoms with E-state index in [2.05, 4.69) is 123 Å². The fourth-order valence-corrected chi connectivity index (χ4v) is 7.01. The molecule has 0 saturated carbocycles. The first-order valence-electron chi connectivity index (χ1n) is 14.8. The van der Waals surface area contributed by atoms with Crippen molar-refractivity contribution in [2.45, 2.75) is 70.6 Å². The Balaban J connectivity index is 1.34. The summed E-state index contributed by atoms with van der Waals surface area (Å²) in [6.07, 6.45) is 11.9. The molecule has 4 heteroatoms. The first-order chi connectivity index (χ1) is 19.6. The van der Waals surface area contributed by atoms with Gasteiger partial charge < -0.3 is 14.8 Å². The van der Waals surface area contributed by atoms with Crippen LogP contribution in [0.5, 0.6) is 0 Å². The van der Waals surface area contributed by atoms with E-state index in [0.717, 1.165) is 25.8 Å². The van der Waals surface area contributed by atoms with Gasteiger partial charge in [0.15, 0.2) is 6.54 Å². The van der Waals surface area contributed by atoms with Crippen LogP contribution < -0.4 is 10.0 Å². The minimum absolute atomic E-state index is 0.0438. The van der Waals surface area contributed by atoms with E-state index in [-0.39, 0.29) is 17.3 Å². The molecule has 4 nitrogen and oxygen atoms in total. The van der Waals surface area contributed by atoms with Crippen molar-refractivity contribution in [1.29, 1.82) is 0 Å². The Morgan fingerprint density at radius 3 is 2.41 bits per heavy atom. The van der Waals surface area contributed by atoms with Crippen molar-refractivity contribution in [2.24, 2.45) is 0 Å². The summed E-state index contributed by atoms with van der Waals surface area (Å²) in [6, 6.07) is 21.8. The third kappa shape index (κ3) is 4.61. The smallest absolute Gasteiger partial charge is 0.247 e. The van der Waals surface area contributed by atoms with E-state index in [1.165, 1.54) is 55.8 Å². The highest BCUT2D eigenvalue weighted by Gasteiger charge is 2.48. The number of allylic oxidation sites excluding steroid dienone is 6. The predicted molar refractivity (Wildman–Crippen MR) is 166 cm³/mol. The van der Waals surface area contributed by atoms with Crippen LogP contribution in [-0.2, 0) is 15.6 Å². The van der Waals surface area contributed by atoms with Gasteiger partial charge in [0.05, 0.1) is 29.0 Å². The summed E-state index contributed by atoms with van der Waals surface area (Å²) in [5.74, 6) is -0.963. The summed E-state index contributed by atoms with van der Waals surface area (Å²) in [7, 11) is 2.17. The molecule has 0 radical (unpaired) electrons. The summed E-state index contributed by atoms with van der Waals surface area (Å²) in [5, 5.41) is 13.4. The molecule has 0 N–H and O–H groups in total. The van der Waals surface area contributed by atoms with Gasteiger partial charge in [-0.1, -0.05) is 48.5 Å². The van der Waals surface area contributed by atoms with Crippen molar-refractivity contribution in [1.82, 2.24) is 0 Å². The van der Waals surface area contributed by atoms with Gasteiger partial charge in [0.25, 0.3) is 0 Å². The maximum absolute atomic E-state index is 10.9. The van der Waals surface area contributed by atoms with Crippen molar-refractivity contribution < 1.29 is 14.5 Å². The second-order valence-corrected chi connectivity index (χ2v) is 12.8. The summed E-state index contributed by atoms with van der Waals surface area (Å²) >= 11 is 0. The third-order valence-corrected chi connectivity index (χ3v) is 9.30. The molecular weight excluding hydrogens is 504 g/mol. The summed E-state index contributed by atoms with van der Waals surface area (Å²) in [6.45, 7) is 10.1. The Kier molecular flexibility index (Phi) is 6.71. The maximum atomic E-state index is 10.9. The standard InChI is InChI=1S/C37H39N2O2/c1-36(2)29-15-10-11-16-31(29)38(5)32(36)23-25-21-26(22-25)24-33-37(3,4)30-19-18-27-13-8-9-14-28(27)35(30)39(33)20-12-6-7-17-34(40)41/h8-11,13-16,18-19,23-24H,6-7,12,17,20-21H2,1-5H3/q+1. The molecule has 41 heavy (non-hydrogen) atoms. The van der Waals surface area contributed by atoms with Crippen LogP contribution in [0.15, 0.2) is 89.7 Å². The van der Waals surface area contributed by atoms with Gasteiger partial charge in [-0.2, -0.15) is 4.58 Å². The summed E-state index contributed by atoms with van der Waals surface area (Å²) in [4.78, 5) is 13.2. The Morgan fingerprint density at radius 2 is 1.66 bits per heavy atom. The van der Waals surface area contributed by atoms with Gasteiger partial charge in [-0.15, -0.1) is 0 Å². The number of unbranched alkanes of at least 4 members (excludes halogenated alkanes) is 2. The molecule has 2 aliphatic heterocycles. The quantitative estimate of drug-likeness (QED) is 0.176. The van der Waals surface area contributed by atoms with E-state index in [1.54, 1.807) is 0 Å². The molecule has 0 spiro atoms. The number of benzene rings is 3. The molecule has 0 atom stereocenters. The van der Waals surface area contributed by atoms with Crippen LogP contribution in [0.1, 0.15) is 70.9 Å². The monoisotopic (exact) mass is 543 g/mol.